The van der Waals surface area contributed by atoms with Gasteiger partial charge in [-0.05, 0) is 34.1 Å². The van der Waals surface area contributed by atoms with Crippen LogP contribution in [0.4, 0.5) is 17.1 Å². The molecule has 0 aromatic heterocycles. The largest absolute Gasteiger partial charge is 0.305 e. The van der Waals surface area contributed by atoms with Crippen LogP contribution in [-0.4, -0.2) is 13.0 Å². The first-order valence-electron chi connectivity index (χ1n) is 7.22. The van der Waals surface area contributed by atoms with Gasteiger partial charge in [0.15, 0.2) is 0 Å². The molecule has 3 rings (SSSR count). The van der Waals surface area contributed by atoms with E-state index in [1.165, 1.54) is 6.07 Å². The average Bonchev–Trinajstić information content (AvgIpc) is 2.61. The molecule has 0 aliphatic carbocycles. The van der Waals surface area contributed by atoms with Crippen molar-refractivity contribution in [1.82, 2.24) is 0 Å². The highest BCUT2D eigenvalue weighted by Crippen LogP contribution is 2.41. The Hall–Kier alpha value is -2.69. The lowest BCUT2D eigenvalue weighted by atomic mass is 10.1. The molecule has 0 fully saturated rings. The second-order valence-electron chi connectivity index (χ2n) is 5.13. The predicted molar refractivity (Wildman–Crippen MR) is 101 cm³/mol. The lowest BCUT2D eigenvalue weighted by Crippen LogP contribution is -1.99. The van der Waals surface area contributed by atoms with E-state index in [9.17, 15) is 13.0 Å². The van der Waals surface area contributed by atoms with E-state index in [-0.39, 0.29) is 21.7 Å². The van der Waals surface area contributed by atoms with E-state index in [1.54, 1.807) is 42.5 Å². The van der Waals surface area contributed by atoms with Gasteiger partial charge in [-0.25, -0.2) is 0 Å². The molecular formula is C16H12BrN5O3S. The predicted octanol–water partition coefficient (Wildman–Crippen LogP) is 5.22. The molecule has 3 aromatic rings. The Labute approximate surface area is 157 Å². The van der Waals surface area contributed by atoms with Gasteiger partial charge in [0, 0.05) is 15.2 Å². The van der Waals surface area contributed by atoms with Crippen molar-refractivity contribution < 1.29 is 13.0 Å². The minimum Gasteiger partial charge on any atom is -0.305 e. The number of nitrogens with zero attached hydrogens (tertiary/aromatic N) is 4. The monoisotopic (exact) mass is 433 g/mol. The van der Waals surface area contributed by atoms with Gasteiger partial charge < -0.3 is 5.84 Å². The molecule has 0 saturated heterocycles. The van der Waals surface area contributed by atoms with Crippen molar-refractivity contribution in [2.24, 2.45) is 26.4 Å². The van der Waals surface area contributed by atoms with Crippen LogP contribution < -0.4 is 5.84 Å². The normalized spacial score (nSPS) is 12.4. The third-order valence-corrected chi connectivity index (χ3v) is 5.08. The molecule has 0 aliphatic heterocycles. The van der Waals surface area contributed by atoms with Gasteiger partial charge in [0.25, 0.3) is 10.1 Å². The minimum absolute atomic E-state index is 0.0984. The van der Waals surface area contributed by atoms with Crippen molar-refractivity contribution in [2.75, 3.05) is 0 Å². The smallest absolute Gasteiger partial charge is 0.295 e. The number of hydrogen-bond donors (Lipinski definition) is 2. The van der Waals surface area contributed by atoms with Crippen LogP contribution in [0.5, 0.6) is 0 Å². The Bertz CT molecular complexity index is 1150. The molecular weight excluding hydrogens is 422 g/mol. The fourth-order valence-corrected chi connectivity index (χ4v) is 3.49. The molecule has 0 atom stereocenters. The summed E-state index contributed by atoms with van der Waals surface area (Å²) in [6, 6.07) is 14.8. The highest BCUT2D eigenvalue weighted by atomic mass is 79.9. The number of benzene rings is 3. The van der Waals surface area contributed by atoms with Crippen LogP contribution in [0.25, 0.3) is 10.8 Å². The Balaban J connectivity index is 2.30. The zero-order valence-electron chi connectivity index (χ0n) is 13.1. The van der Waals surface area contributed by atoms with E-state index in [1.807, 2.05) is 6.07 Å². The summed E-state index contributed by atoms with van der Waals surface area (Å²) in [5.41, 5.74) is 0.872. The first-order chi connectivity index (χ1) is 12.4. The van der Waals surface area contributed by atoms with Crippen LogP contribution in [-0.2, 0) is 10.1 Å². The number of fused-ring (bicyclic) bond motifs is 1. The van der Waals surface area contributed by atoms with E-state index >= 15 is 0 Å². The van der Waals surface area contributed by atoms with Crippen molar-refractivity contribution in [1.29, 1.82) is 0 Å². The molecule has 0 saturated carbocycles. The molecule has 10 heteroatoms. The van der Waals surface area contributed by atoms with Crippen LogP contribution in [0.1, 0.15) is 0 Å². The maximum Gasteiger partial charge on any atom is 0.295 e. The summed E-state index contributed by atoms with van der Waals surface area (Å²) in [5, 5.41) is 16.0. The fraction of sp³-hybridized carbons (Fsp3) is 0. The molecule has 3 aromatic carbocycles. The summed E-state index contributed by atoms with van der Waals surface area (Å²) in [4.78, 5) is -0.301. The maximum atomic E-state index is 11.8. The summed E-state index contributed by atoms with van der Waals surface area (Å²) in [5.74, 6) is 5.19. The molecule has 132 valence electrons. The van der Waals surface area contributed by atoms with Crippen molar-refractivity contribution in [3.63, 3.8) is 0 Å². The Morgan fingerprint density at radius 2 is 1.50 bits per heavy atom. The van der Waals surface area contributed by atoms with Crippen LogP contribution in [0.2, 0.25) is 0 Å². The van der Waals surface area contributed by atoms with Gasteiger partial charge in [0.2, 0.25) is 0 Å². The van der Waals surface area contributed by atoms with Crippen molar-refractivity contribution in [3.05, 3.63) is 59.1 Å². The summed E-state index contributed by atoms with van der Waals surface area (Å²) in [6.07, 6.45) is 0. The van der Waals surface area contributed by atoms with Crippen molar-refractivity contribution >= 4 is 53.9 Å². The lowest BCUT2D eigenvalue weighted by Gasteiger charge is -2.08. The molecule has 3 N–H and O–H groups in total. The van der Waals surface area contributed by atoms with Crippen molar-refractivity contribution in [3.8, 4) is 0 Å². The van der Waals surface area contributed by atoms with Gasteiger partial charge >= 0.3 is 0 Å². The van der Waals surface area contributed by atoms with Crippen LogP contribution >= 0.6 is 15.9 Å². The number of halogens is 1. The van der Waals surface area contributed by atoms with E-state index in [2.05, 4.69) is 36.5 Å². The van der Waals surface area contributed by atoms with Gasteiger partial charge in [0.1, 0.15) is 16.3 Å². The summed E-state index contributed by atoms with van der Waals surface area (Å²) in [7, 11) is -4.49. The Morgan fingerprint density at radius 1 is 0.885 bits per heavy atom. The third-order valence-electron chi connectivity index (χ3n) is 3.51. The molecule has 0 unspecified atom stereocenters. The highest BCUT2D eigenvalue weighted by molar-refractivity contribution is 9.10. The topological polar surface area (TPSA) is 130 Å². The quantitative estimate of drug-likeness (QED) is 0.252. The number of nitrogens with two attached hydrogens (primary N) is 1. The van der Waals surface area contributed by atoms with Gasteiger partial charge in [-0.3, -0.25) is 4.55 Å². The maximum absolute atomic E-state index is 11.8. The zero-order chi connectivity index (χ0) is 18.7. The molecule has 0 radical (unpaired) electrons. The minimum atomic E-state index is -4.49. The average molecular weight is 434 g/mol. The van der Waals surface area contributed by atoms with Crippen LogP contribution in [0.3, 0.4) is 0 Å². The van der Waals surface area contributed by atoms with Gasteiger partial charge in [0.05, 0.1) is 5.69 Å². The molecule has 0 aliphatic rings. The molecule has 0 spiro atoms. The SMILES string of the molecule is NN=Nc1c(/N=N/c2ccccc2Br)cc(S(=O)(=O)O)c2ccccc12. The van der Waals surface area contributed by atoms with E-state index < -0.39 is 10.1 Å². The number of rotatable bonds is 4. The van der Waals surface area contributed by atoms with Crippen LogP contribution in [0.15, 0.2) is 84.5 Å². The number of hydrogen-bond acceptors (Lipinski definition) is 6. The second kappa shape index (κ2) is 7.28. The fourth-order valence-electron chi connectivity index (χ4n) is 2.41. The standard InChI is InChI=1S/C16H12BrN5O3S/c17-12-7-3-4-8-13(12)19-20-14-9-15(26(23,24)25)10-5-1-2-6-11(10)16(14)21-22-18/h1-9H,(H2,18,21)(H,23,24,25)/b20-19+. The van der Waals surface area contributed by atoms with Crippen molar-refractivity contribution in [2.45, 2.75) is 4.90 Å². The first kappa shape index (κ1) is 18.1. The van der Waals surface area contributed by atoms with Crippen LogP contribution in [0, 0.1) is 0 Å². The first-order valence-corrected chi connectivity index (χ1v) is 9.45. The van der Waals surface area contributed by atoms with Gasteiger partial charge in [-0.15, -0.1) is 15.3 Å². The number of azo groups is 1. The van der Waals surface area contributed by atoms with Gasteiger partial charge in [-0.2, -0.15) is 8.42 Å². The van der Waals surface area contributed by atoms with E-state index in [4.69, 9.17) is 5.84 Å². The summed E-state index contributed by atoms with van der Waals surface area (Å²) < 4.78 is 33.9. The lowest BCUT2D eigenvalue weighted by molar-refractivity contribution is 0.484. The summed E-state index contributed by atoms with van der Waals surface area (Å²) in [6.45, 7) is 0. The Morgan fingerprint density at radius 3 is 2.15 bits per heavy atom. The molecule has 26 heavy (non-hydrogen) atoms. The van der Waals surface area contributed by atoms with E-state index in [0.29, 0.717) is 15.5 Å². The second-order valence-corrected chi connectivity index (χ2v) is 7.37. The third kappa shape index (κ3) is 3.62. The molecule has 0 amide bonds. The highest BCUT2D eigenvalue weighted by Gasteiger charge is 2.19. The summed E-state index contributed by atoms with van der Waals surface area (Å²) >= 11 is 3.35. The van der Waals surface area contributed by atoms with Gasteiger partial charge in [-0.1, -0.05) is 41.6 Å². The van der Waals surface area contributed by atoms with E-state index in [0.717, 1.165) is 0 Å². The molecule has 0 heterocycles. The molecule has 8 nitrogen and oxygen atoms in total. The zero-order valence-corrected chi connectivity index (χ0v) is 15.5. The Kier molecular flexibility index (Phi) is 5.07. The molecule has 0 bridgehead atoms.